The Morgan fingerprint density at radius 3 is 2.57 bits per heavy atom. The van der Waals surface area contributed by atoms with E-state index in [0.717, 1.165) is 16.8 Å². The topological polar surface area (TPSA) is 73.7 Å². The quantitative estimate of drug-likeness (QED) is 0.489. The Bertz CT molecular complexity index is 725. The van der Waals surface area contributed by atoms with Gasteiger partial charge in [0.2, 0.25) is 0 Å². The zero-order chi connectivity index (χ0) is 16.8. The summed E-state index contributed by atoms with van der Waals surface area (Å²) in [6, 6.07) is 11.1. The number of aryl methyl sites for hydroxylation is 1. The van der Waals surface area contributed by atoms with Gasteiger partial charge in [0.25, 0.3) is 5.91 Å². The van der Waals surface area contributed by atoms with Gasteiger partial charge in [-0.05, 0) is 68.1 Å². The van der Waals surface area contributed by atoms with Crippen LogP contribution >= 0.6 is 31.9 Å². The number of halogens is 2. The number of hydrogen-bond acceptors (Lipinski definition) is 4. The largest absolute Gasteiger partial charge is 0.506 e. The minimum Gasteiger partial charge on any atom is -0.506 e. The number of nitrogens with zero attached hydrogens (tertiary/aromatic N) is 1. The van der Waals surface area contributed by atoms with Crippen LogP contribution in [0.15, 0.2) is 50.4 Å². The molecule has 0 aliphatic rings. The second kappa shape index (κ2) is 8.12. The highest BCUT2D eigenvalue weighted by molar-refractivity contribution is 9.11. The first kappa shape index (κ1) is 17.5. The molecule has 5 nitrogen and oxygen atoms in total. The summed E-state index contributed by atoms with van der Waals surface area (Å²) in [4.78, 5) is 11.8. The molecule has 2 aromatic rings. The van der Waals surface area contributed by atoms with E-state index in [1.54, 1.807) is 12.1 Å². The maximum Gasteiger partial charge on any atom is 0.259 e. The van der Waals surface area contributed by atoms with Gasteiger partial charge in [0.1, 0.15) is 5.75 Å². The van der Waals surface area contributed by atoms with E-state index in [0.29, 0.717) is 8.95 Å². The lowest BCUT2D eigenvalue weighted by Crippen LogP contribution is -2.26. The first-order valence-electron chi connectivity index (χ1n) is 6.77. The molecule has 0 bridgehead atoms. The molecule has 0 fully saturated rings. The monoisotopic (exact) mass is 439 g/mol. The molecule has 0 atom stereocenters. The van der Waals surface area contributed by atoms with Crippen LogP contribution in [0.25, 0.3) is 0 Å². The second-order valence-electron chi connectivity index (χ2n) is 4.79. The normalized spacial score (nSPS) is 10.7. The van der Waals surface area contributed by atoms with Gasteiger partial charge in [-0.1, -0.05) is 18.2 Å². The predicted molar refractivity (Wildman–Crippen MR) is 98.9 cm³/mol. The van der Waals surface area contributed by atoms with E-state index in [1.165, 1.54) is 6.21 Å². The minimum atomic E-state index is -0.249. The van der Waals surface area contributed by atoms with Crippen molar-refractivity contribution in [1.82, 2.24) is 5.43 Å². The van der Waals surface area contributed by atoms with E-state index in [1.807, 2.05) is 31.2 Å². The molecular weight excluding hydrogens is 426 g/mol. The second-order valence-corrected chi connectivity index (χ2v) is 6.50. The van der Waals surface area contributed by atoms with Crippen LogP contribution in [0.1, 0.15) is 11.1 Å². The number of hydrogen-bond donors (Lipinski definition) is 3. The molecule has 0 aromatic heterocycles. The predicted octanol–water partition coefficient (Wildman–Crippen LogP) is 3.79. The molecule has 0 saturated carbocycles. The Morgan fingerprint density at radius 2 is 1.91 bits per heavy atom. The Morgan fingerprint density at radius 1 is 1.26 bits per heavy atom. The van der Waals surface area contributed by atoms with Crippen molar-refractivity contribution < 1.29 is 9.90 Å². The number of hydrazone groups is 1. The lowest BCUT2D eigenvalue weighted by Gasteiger charge is -2.07. The molecule has 2 aromatic carbocycles. The summed E-state index contributed by atoms with van der Waals surface area (Å²) in [5, 5.41) is 16.6. The number of amides is 1. The van der Waals surface area contributed by atoms with Crippen molar-refractivity contribution in [3.05, 3.63) is 56.5 Å². The summed E-state index contributed by atoms with van der Waals surface area (Å²) in [6.07, 6.45) is 1.50. The molecule has 0 aliphatic heterocycles. The van der Waals surface area contributed by atoms with Gasteiger partial charge >= 0.3 is 0 Å². The van der Waals surface area contributed by atoms with Gasteiger partial charge in [0.15, 0.2) is 0 Å². The number of nitrogens with one attached hydrogen (secondary N) is 2. The lowest BCUT2D eigenvalue weighted by molar-refractivity contribution is -0.119. The zero-order valence-electron chi connectivity index (χ0n) is 12.3. The van der Waals surface area contributed by atoms with Crippen molar-refractivity contribution in [2.24, 2.45) is 5.10 Å². The third kappa shape index (κ3) is 5.07. The molecule has 7 heteroatoms. The van der Waals surface area contributed by atoms with Crippen LogP contribution in [0.4, 0.5) is 5.69 Å². The van der Waals surface area contributed by atoms with Gasteiger partial charge in [-0.2, -0.15) is 5.10 Å². The third-order valence-electron chi connectivity index (χ3n) is 3.03. The SMILES string of the molecule is Cc1ccccc1NCC(=O)N/N=C\c1cc(Br)c(O)c(Br)c1. The van der Waals surface area contributed by atoms with Gasteiger partial charge < -0.3 is 10.4 Å². The van der Waals surface area contributed by atoms with Crippen LogP contribution < -0.4 is 10.7 Å². The molecule has 120 valence electrons. The first-order chi connectivity index (χ1) is 11.0. The Labute approximate surface area is 151 Å². The van der Waals surface area contributed by atoms with E-state index in [2.05, 4.69) is 47.7 Å². The summed E-state index contributed by atoms with van der Waals surface area (Å²) >= 11 is 6.47. The molecule has 1 amide bonds. The highest BCUT2D eigenvalue weighted by Crippen LogP contribution is 2.32. The summed E-state index contributed by atoms with van der Waals surface area (Å²) in [7, 11) is 0. The molecule has 0 unspecified atom stereocenters. The highest BCUT2D eigenvalue weighted by atomic mass is 79.9. The van der Waals surface area contributed by atoms with E-state index in [9.17, 15) is 9.90 Å². The van der Waals surface area contributed by atoms with Crippen LogP contribution in [-0.2, 0) is 4.79 Å². The Kier molecular flexibility index (Phi) is 6.18. The average Bonchev–Trinajstić information content (AvgIpc) is 2.52. The van der Waals surface area contributed by atoms with Gasteiger partial charge in [-0.3, -0.25) is 4.79 Å². The molecule has 3 N–H and O–H groups in total. The number of anilines is 1. The fourth-order valence-corrected chi connectivity index (χ4v) is 3.05. The van der Waals surface area contributed by atoms with Crippen molar-refractivity contribution in [2.45, 2.75) is 6.92 Å². The number of rotatable bonds is 5. The molecule has 0 radical (unpaired) electrons. The van der Waals surface area contributed by atoms with Crippen molar-refractivity contribution in [3.63, 3.8) is 0 Å². The van der Waals surface area contributed by atoms with E-state index >= 15 is 0 Å². The molecule has 0 spiro atoms. The Hall–Kier alpha value is -1.86. The molecule has 2 rings (SSSR count). The molecular formula is C16H15Br2N3O2. The van der Waals surface area contributed by atoms with Crippen LogP contribution in [0.5, 0.6) is 5.75 Å². The molecule has 23 heavy (non-hydrogen) atoms. The van der Waals surface area contributed by atoms with Crippen molar-refractivity contribution in [3.8, 4) is 5.75 Å². The fraction of sp³-hybridized carbons (Fsp3) is 0.125. The van der Waals surface area contributed by atoms with Crippen LogP contribution in [-0.4, -0.2) is 23.8 Å². The van der Waals surface area contributed by atoms with Crippen molar-refractivity contribution >= 4 is 49.7 Å². The Balaban J connectivity index is 1.88. The first-order valence-corrected chi connectivity index (χ1v) is 8.35. The van der Waals surface area contributed by atoms with Gasteiger partial charge in [0, 0.05) is 5.69 Å². The fourth-order valence-electron chi connectivity index (χ4n) is 1.82. The molecule has 0 saturated heterocycles. The smallest absolute Gasteiger partial charge is 0.259 e. The van der Waals surface area contributed by atoms with Gasteiger partial charge in [-0.25, -0.2) is 5.43 Å². The number of phenolic OH excluding ortho intramolecular Hbond substituents is 1. The summed E-state index contributed by atoms with van der Waals surface area (Å²) in [6.45, 7) is 2.10. The summed E-state index contributed by atoms with van der Waals surface area (Å²) in [5.74, 6) is -0.130. The van der Waals surface area contributed by atoms with E-state index in [4.69, 9.17) is 0 Å². The molecule has 0 heterocycles. The van der Waals surface area contributed by atoms with E-state index in [-0.39, 0.29) is 18.2 Å². The zero-order valence-corrected chi connectivity index (χ0v) is 15.5. The van der Waals surface area contributed by atoms with Crippen LogP contribution in [0, 0.1) is 6.92 Å². The van der Waals surface area contributed by atoms with Crippen LogP contribution in [0.2, 0.25) is 0 Å². The maximum atomic E-state index is 11.8. The summed E-state index contributed by atoms with van der Waals surface area (Å²) in [5.41, 5.74) is 5.17. The number of aromatic hydroxyl groups is 1. The summed E-state index contributed by atoms with van der Waals surface area (Å²) < 4.78 is 1.08. The van der Waals surface area contributed by atoms with Gasteiger partial charge in [-0.15, -0.1) is 0 Å². The minimum absolute atomic E-state index is 0.119. The average molecular weight is 441 g/mol. The number of carbonyl (C=O) groups excluding carboxylic acids is 1. The van der Waals surface area contributed by atoms with Crippen molar-refractivity contribution in [1.29, 1.82) is 0 Å². The van der Waals surface area contributed by atoms with Crippen LogP contribution in [0.3, 0.4) is 0 Å². The number of carbonyl (C=O) groups is 1. The van der Waals surface area contributed by atoms with Crippen molar-refractivity contribution in [2.75, 3.05) is 11.9 Å². The molecule has 0 aliphatic carbocycles. The third-order valence-corrected chi connectivity index (χ3v) is 4.24. The highest BCUT2D eigenvalue weighted by Gasteiger charge is 2.05. The van der Waals surface area contributed by atoms with E-state index < -0.39 is 0 Å². The number of para-hydroxylation sites is 1. The number of benzene rings is 2. The lowest BCUT2D eigenvalue weighted by atomic mass is 10.2. The standard InChI is InChI=1S/C16H15Br2N3O2/c1-10-4-2-3-5-14(10)19-9-15(22)21-20-8-11-6-12(17)16(23)13(18)7-11/h2-8,19,23H,9H2,1H3,(H,21,22)/b20-8-. The maximum absolute atomic E-state index is 11.8. The van der Waals surface area contributed by atoms with Gasteiger partial charge in [0.05, 0.1) is 21.7 Å². The number of phenols is 1.